The van der Waals surface area contributed by atoms with Crippen LogP contribution in [-0.4, -0.2) is 0 Å². The maximum Gasteiger partial charge on any atom is 0.273 e. The van der Waals surface area contributed by atoms with Crippen LogP contribution in [0.15, 0.2) is 24.3 Å². The molecule has 0 aromatic rings. The predicted octanol–water partition coefficient (Wildman–Crippen LogP) is 2.34. The van der Waals surface area contributed by atoms with Crippen molar-refractivity contribution in [2.45, 2.75) is 6.92 Å². The first-order valence-electron chi connectivity index (χ1n) is 1.82. The predicted molar refractivity (Wildman–Crippen MR) is 25.1 cm³/mol. The normalized spacial score (nSPS) is 7.86. The second kappa shape index (κ2) is 2.50. The van der Waals surface area contributed by atoms with Crippen molar-refractivity contribution in [3.05, 3.63) is 24.3 Å². The molecule has 0 nitrogen and oxygen atoms in total. The van der Waals surface area contributed by atoms with Crippen molar-refractivity contribution in [3.63, 3.8) is 0 Å². The summed E-state index contributed by atoms with van der Waals surface area (Å²) in [4.78, 5) is 0. The van der Waals surface area contributed by atoms with Crippen molar-refractivity contribution in [1.29, 1.82) is 0 Å². The Morgan fingerprint density at radius 1 is 1.57 bits per heavy atom. The van der Waals surface area contributed by atoms with E-state index >= 15 is 0 Å². The van der Waals surface area contributed by atoms with Gasteiger partial charge in [0.1, 0.15) is 0 Å². The lowest BCUT2D eigenvalue weighted by atomic mass is 10.3. The van der Waals surface area contributed by atoms with Gasteiger partial charge in [0, 0.05) is 5.57 Å². The van der Waals surface area contributed by atoms with Gasteiger partial charge in [-0.3, -0.25) is 0 Å². The average Bonchev–Trinajstić information content (AvgIpc) is 1.65. The van der Waals surface area contributed by atoms with Crippen LogP contribution in [-0.2, 0) is 0 Å². The molecule has 0 aliphatic heterocycles. The third kappa shape index (κ3) is 2.09. The monoisotopic (exact) mass is 104 g/mol. The van der Waals surface area contributed by atoms with Crippen LogP contribution in [0.2, 0.25) is 0 Å². The highest BCUT2D eigenvalue weighted by Crippen LogP contribution is 2.05. The lowest BCUT2D eigenvalue weighted by Gasteiger charge is -1.81. The van der Waals surface area contributed by atoms with E-state index < -0.39 is 6.08 Å². The molecular formula is C5H6F2. The fourth-order valence-electron chi connectivity index (χ4n) is 0.0772. The van der Waals surface area contributed by atoms with Gasteiger partial charge in [0.2, 0.25) is 0 Å². The van der Waals surface area contributed by atoms with Crippen LogP contribution in [0.4, 0.5) is 8.78 Å². The Hall–Kier alpha value is -0.660. The van der Waals surface area contributed by atoms with Gasteiger partial charge in [-0.2, -0.15) is 8.78 Å². The summed E-state index contributed by atoms with van der Waals surface area (Å²) in [6.45, 7) is 4.45. The largest absolute Gasteiger partial charge is 0.273 e. The maximum absolute atomic E-state index is 11.2. The van der Waals surface area contributed by atoms with Crippen LogP contribution in [0, 0.1) is 0 Å². The molecule has 0 atom stereocenters. The molecule has 0 fully saturated rings. The average molecular weight is 104 g/mol. The lowest BCUT2D eigenvalue weighted by Crippen LogP contribution is -1.65. The quantitative estimate of drug-likeness (QED) is 0.448. The number of halogens is 2. The van der Waals surface area contributed by atoms with Crippen LogP contribution in [0.25, 0.3) is 0 Å². The van der Waals surface area contributed by atoms with Crippen LogP contribution < -0.4 is 0 Å². The first-order chi connectivity index (χ1) is 3.18. The molecule has 0 heterocycles. The van der Waals surface area contributed by atoms with E-state index in [9.17, 15) is 8.78 Å². The van der Waals surface area contributed by atoms with Gasteiger partial charge in [-0.25, -0.2) is 0 Å². The summed E-state index contributed by atoms with van der Waals surface area (Å²) in [7, 11) is 0. The molecule has 0 rings (SSSR count). The Labute approximate surface area is 41.2 Å². The summed E-state index contributed by atoms with van der Waals surface area (Å²) >= 11 is 0. The molecule has 40 valence electrons. The summed E-state index contributed by atoms with van der Waals surface area (Å²) < 4.78 is 22.5. The molecular weight excluding hydrogens is 98.1 g/mol. The highest BCUT2D eigenvalue weighted by atomic mass is 19.3. The Bertz CT molecular complexity index is 98.6. The Morgan fingerprint density at radius 3 is 2.00 bits per heavy atom. The number of allylic oxidation sites excluding steroid dienone is 2. The molecule has 0 spiro atoms. The first kappa shape index (κ1) is 6.34. The number of hydrogen-bond donors (Lipinski definition) is 0. The molecule has 0 unspecified atom stereocenters. The van der Waals surface area contributed by atoms with Gasteiger partial charge in [0.15, 0.2) is 0 Å². The van der Waals surface area contributed by atoms with Crippen LogP contribution in [0.1, 0.15) is 6.92 Å². The third-order valence-corrected chi connectivity index (χ3v) is 0.604. The molecule has 0 bridgehead atoms. The molecule has 2 heteroatoms. The highest BCUT2D eigenvalue weighted by Gasteiger charge is 1.89. The Morgan fingerprint density at radius 2 is 2.00 bits per heavy atom. The number of hydrogen-bond acceptors (Lipinski definition) is 0. The van der Waals surface area contributed by atoms with Gasteiger partial charge in [0.25, 0.3) is 6.08 Å². The van der Waals surface area contributed by atoms with Gasteiger partial charge >= 0.3 is 0 Å². The molecule has 0 aromatic carbocycles. The van der Waals surface area contributed by atoms with Crippen molar-refractivity contribution in [2.24, 2.45) is 0 Å². The van der Waals surface area contributed by atoms with Crippen molar-refractivity contribution in [2.75, 3.05) is 0 Å². The Kier molecular flexibility index (Phi) is 2.27. The van der Waals surface area contributed by atoms with Gasteiger partial charge < -0.3 is 0 Å². The Balaban J connectivity index is 3.98. The fraction of sp³-hybridized carbons (Fsp3) is 0.200. The molecule has 0 N–H and O–H groups in total. The molecule has 0 aliphatic carbocycles. The van der Waals surface area contributed by atoms with E-state index in [2.05, 4.69) is 6.58 Å². The molecule has 0 radical (unpaired) electrons. The van der Waals surface area contributed by atoms with E-state index in [1.165, 1.54) is 6.92 Å². The van der Waals surface area contributed by atoms with Crippen molar-refractivity contribution in [1.82, 2.24) is 0 Å². The summed E-state index contributed by atoms with van der Waals surface area (Å²) in [6.07, 6.45) is -0.537. The zero-order valence-electron chi connectivity index (χ0n) is 4.04. The molecule has 0 aromatic heterocycles. The minimum Gasteiger partial charge on any atom is -0.173 e. The van der Waals surface area contributed by atoms with Crippen molar-refractivity contribution < 1.29 is 8.78 Å². The van der Waals surface area contributed by atoms with Gasteiger partial charge in [-0.15, -0.1) is 0 Å². The van der Waals surface area contributed by atoms with Gasteiger partial charge in [-0.05, 0) is 6.92 Å². The van der Waals surface area contributed by atoms with Gasteiger partial charge in [0.05, 0.1) is 0 Å². The van der Waals surface area contributed by atoms with E-state index in [0.29, 0.717) is 0 Å². The van der Waals surface area contributed by atoms with Crippen LogP contribution >= 0.6 is 0 Å². The van der Waals surface area contributed by atoms with E-state index in [-0.39, 0.29) is 5.57 Å². The summed E-state index contributed by atoms with van der Waals surface area (Å²) in [5.41, 5.74) is -0.0556. The zero-order chi connectivity index (χ0) is 5.86. The van der Waals surface area contributed by atoms with Gasteiger partial charge in [-0.1, -0.05) is 12.7 Å². The second-order valence-electron chi connectivity index (χ2n) is 1.15. The van der Waals surface area contributed by atoms with Crippen molar-refractivity contribution >= 4 is 0 Å². The van der Waals surface area contributed by atoms with Crippen LogP contribution in [0.5, 0.6) is 0 Å². The van der Waals surface area contributed by atoms with E-state index in [1.807, 2.05) is 0 Å². The molecule has 0 saturated heterocycles. The first-order valence-corrected chi connectivity index (χ1v) is 1.82. The summed E-state index contributed by atoms with van der Waals surface area (Å²) in [6, 6.07) is 0. The molecule has 0 aliphatic rings. The SMILES string of the molecule is C=CC(C)=C(F)F. The minimum atomic E-state index is -1.66. The fourth-order valence-corrected chi connectivity index (χ4v) is 0.0772. The topological polar surface area (TPSA) is 0 Å². The maximum atomic E-state index is 11.2. The molecule has 0 amide bonds. The zero-order valence-corrected chi connectivity index (χ0v) is 4.04. The number of rotatable bonds is 1. The third-order valence-electron chi connectivity index (χ3n) is 0.604. The summed E-state index contributed by atoms with van der Waals surface area (Å²) in [5.74, 6) is 0. The molecule has 0 saturated carbocycles. The van der Waals surface area contributed by atoms with E-state index in [4.69, 9.17) is 0 Å². The standard InChI is InChI=1S/C5H6F2/c1-3-4(2)5(6)7/h3H,1H2,2H3. The highest BCUT2D eigenvalue weighted by molar-refractivity contribution is 5.12. The smallest absolute Gasteiger partial charge is 0.173 e. The minimum absolute atomic E-state index is 0.0556. The van der Waals surface area contributed by atoms with E-state index in [0.717, 1.165) is 6.08 Å². The van der Waals surface area contributed by atoms with E-state index in [1.54, 1.807) is 0 Å². The van der Waals surface area contributed by atoms with Crippen LogP contribution in [0.3, 0.4) is 0 Å². The summed E-state index contributed by atoms with van der Waals surface area (Å²) in [5, 5.41) is 0. The molecule has 7 heavy (non-hydrogen) atoms. The second-order valence-corrected chi connectivity index (χ2v) is 1.15. The lowest BCUT2D eigenvalue weighted by molar-refractivity contribution is 0.415. The van der Waals surface area contributed by atoms with Crippen molar-refractivity contribution in [3.8, 4) is 0 Å².